The first-order valence-electron chi connectivity index (χ1n) is 5.32. The molecular weight excluding hydrogens is 294 g/mol. The number of carbonyl (C=O) groups is 1. The van der Waals surface area contributed by atoms with Gasteiger partial charge in [-0.1, -0.05) is 17.7 Å². The molecule has 0 aromatic heterocycles. The Bertz CT molecular complexity index is 572. The van der Waals surface area contributed by atoms with Gasteiger partial charge in [-0.05, 0) is 19.1 Å². The lowest BCUT2D eigenvalue weighted by molar-refractivity contribution is -0.136. The summed E-state index contributed by atoms with van der Waals surface area (Å²) in [5.41, 5.74) is 0.452. The third-order valence-electron chi connectivity index (χ3n) is 2.56. The number of ether oxygens (including phenoxy) is 1. The Labute approximate surface area is 116 Å². The van der Waals surface area contributed by atoms with E-state index in [0.717, 1.165) is 6.92 Å². The summed E-state index contributed by atoms with van der Waals surface area (Å²) in [6.07, 6.45) is 0. The van der Waals surface area contributed by atoms with Gasteiger partial charge in [0, 0.05) is 17.1 Å². The Morgan fingerprint density at radius 1 is 1.53 bits per heavy atom. The molecule has 0 aliphatic carbocycles. The number of hydrogen-bond donors (Lipinski definition) is 2. The third kappa shape index (κ3) is 3.82. The van der Waals surface area contributed by atoms with Crippen LogP contribution in [-0.4, -0.2) is 31.9 Å². The van der Waals surface area contributed by atoms with Crippen molar-refractivity contribution in [1.29, 1.82) is 0 Å². The van der Waals surface area contributed by atoms with Crippen LogP contribution in [0.2, 0.25) is 5.02 Å². The lowest BCUT2D eigenvalue weighted by atomic mass is 10.2. The van der Waals surface area contributed by atoms with Crippen molar-refractivity contribution in [1.82, 2.24) is 4.72 Å². The fraction of sp³-hybridized carbons (Fsp3) is 0.364. The molecule has 106 valence electrons. The number of carboxylic acids is 1. The van der Waals surface area contributed by atoms with Crippen molar-refractivity contribution in [3.63, 3.8) is 0 Å². The molecule has 0 saturated heterocycles. The minimum atomic E-state index is -3.96. The first kappa shape index (κ1) is 15.7. The highest BCUT2D eigenvalue weighted by Gasteiger charge is 2.27. The Kier molecular flexibility index (Phi) is 5.16. The number of sulfonamides is 1. The van der Waals surface area contributed by atoms with Crippen molar-refractivity contribution < 1.29 is 23.1 Å². The van der Waals surface area contributed by atoms with Crippen LogP contribution in [0.15, 0.2) is 18.2 Å². The molecule has 1 rings (SSSR count). The van der Waals surface area contributed by atoms with Crippen LogP contribution in [0.5, 0.6) is 5.75 Å². The molecule has 8 heteroatoms. The normalized spacial score (nSPS) is 13.0. The average Bonchev–Trinajstić information content (AvgIpc) is 2.35. The number of nitrogens with one attached hydrogen (secondary N) is 1. The summed E-state index contributed by atoms with van der Waals surface area (Å²) in [4.78, 5) is 10.7. The molecule has 0 amide bonds. The van der Waals surface area contributed by atoms with Gasteiger partial charge in [0.2, 0.25) is 10.0 Å². The zero-order valence-corrected chi connectivity index (χ0v) is 12.0. The molecule has 0 bridgehead atoms. The van der Waals surface area contributed by atoms with E-state index in [4.69, 9.17) is 21.4 Å². The smallest absolute Gasteiger partial charge is 0.323 e. The summed E-state index contributed by atoms with van der Waals surface area (Å²) < 4.78 is 30.6. The zero-order valence-electron chi connectivity index (χ0n) is 10.4. The van der Waals surface area contributed by atoms with Crippen LogP contribution in [0.1, 0.15) is 12.5 Å². The topological polar surface area (TPSA) is 92.7 Å². The highest BCUT2D eigenvalue weighted by Crippen LogP contribution is 2.26. The van der Waals surface area contributed by atoms with Crippen molar-refractivity contribution in [2.24, 2.45) is 0 Å². The Morgan fingerprint density at radius 2 is 2.16 bits per heavy atom. The maximum absolute atomic E-state index is 11.7. The minimum absolute atomic E-state index is 0.136. The second kappa shape index (κ2) is 6.23. The third-order valence-corrected chi connectivity index (χ3v) is 4.59. The minimum Gasteiger partial charge on any atom is -0.496 e. The van der Waals surface area contributed by atoms with E-state index in [2.05, 4.69) is 4.72 Å². The Balaban J connectivity index is 2.91. The first-order chi connectivity index (χ1) is 8.79. The number of rotatable bonds is 6. The molecule has 1 atom stereocenters. The summed E-state index contributed by atoms with van der Waals surface area (Å²) in [6.45, 7) is 0.956. The van der Waals surface area contributed by atoms with Gasteiger partial charge >= 0.3 is 5.97 Å². The van der Waals surface area contributed by atoms with Crippen molar-refractivity contribution in [2.75, 3.05) is 7.11 Å². The molecule has 19 heavy (non-hydrogen) atoms. The van der Waals surface area contributed by atoms with E-state index in [-0.39, 0.29) is 6.54 Å². The largest absolute Gasteiger partial charge is 0.496 e. The first-order valence-corrected chi connectivity index (χ1v) is 7.24. The molecule has 0 aliphatic heterocycles. The summed E-state index contributed by atoms with van der Waals surface area (Å²) >= 11 is 5.95. The van der Waals surface area contributed by atoms with Crippen LogP contribution in [0.3, 0.4) is 0 Å². The van der Waals surface area contributed by atoms with Gasteiger partial charge < -0.3 is 9.84 Å². The molecule has 1 aromatic carbocycles. The number of benzene rings is 1. The number of methoxy groups -OCH3 is 1. The average molecular weight is 308 g/mol. The fourth-order valence-electron chi connectivity index (χ4n) is 1.33. The van der Waals surface area contributed by atoms with Gasteiger partial charge in [0.25, 0.3) is 0 Å². The maximum atomic E-state index is 11.7. The van der Waals surface area contributed by atoms with Gasteiger partial charge in [-0.25, -0.2) is 13.1 Å². The Morgan fingerprint density at radius 3 is 2.68 bits per heavy atom. The van der Waals surface area contributed by atoms with Gasteiger partial charge in [0.05, 0.1) is 7.11 Å². The molecule has 0 radical (unpaired) electrons. The van der Waals surface area contributed by atoms with Crippen LogP contribution in [0.4, 0.5) is 0 Å². The monoisotopic (exact) mass is 307 g/mol. The number of aliphatic carboxylic acids is 1. The zero-order chi connectivity index (χ0) is 14.6. The van der Waals surface area contributed by atoms with E-state index in [0.29, 0.717) is 16.3 Å². The highest BCUT2D eigenvalue weighted by atomic mass is 35.5. The van der Waals surface area contributed by atoms with Crippen LogP contribution >= 0.6 is 11.6 Å². The van der Waals surface area contributed by atoms with E-state index in [1.165, 1.54) is 7.11 Å². The molecule has 0 spiro atoms. The van der Waals surface area contributed by atoms with Gasteiger partial charge in [-0.15, -0.1) is 0 Å². The number of carboxylic acid groups (broad SMARTS) is 1. The van der Waals surface area contributed by atoms with Gasteiger partial charge in [-0.3, -0.25) is 4.79 Å². The molecule has 0 saturated carbocycles. The number of hydrogen-bond acceptors (Lipinski definition) is 4. The maximum Gasteiger partial charge on any atom is 0.323 e. The second-order valence-electron chi connectivity index (χ2n) is 3.77. The molecule has 6 nitrogen and oxygen atoms in total. The van der Waals surface area contributed by atoms with Crippen LogP contribution < -0.4 is 9.46 Å². The molecular formula is C11H14ClNO5S. The van der Waals surface area contributed by atoms with Crippen molar-refractivity contribution >= 4 is 27.6 Å². The quantitative estimate of drug-likeness (QED) is 0.825. The van der Waals surface area contributed by atoms with E-state index >= 15 is 0 Å². The SMILES string of the molecule is COc1cccc(Cl)c1CNS(=O)(=O)C(C)C(=O)O. The van der Waals surface area contributed by atoms with Crippen LogP contribution in [0.25, 0.3) is 0 Å². The molecule has 1 aromatic rings. The van der Waals surface area contributed by atoms with E-state index in [1.54, 1.807) is 18.2 Å². The molecule has 0 heterocycles. The molecule has 1 unspecified atom stereocenters. The number of halogens is 1. The van der Waals surface area contributed by atoms with Crippen LogP contribution in [0, 0.1) is 0 Å². The molecule has 0 fully saturated rings. The summed E-state index contributed by atoms with van der Waals surface area (Å²) in [7, 11) is -2.53. The molecule has 2 N–H and O–H groups in total. The van der Waals surface area contributed by atoms with Gasteiger partial charge in [0.1, 0.15) is 5.75 Å². The predicted octanol–water partition coefficient (Wildman–Crippen LogP) is 1.24. The van der Waals surface area contributed by atoms with E-state index < -0.39 is 21.2 Å². The van der Waals surface area contributed by atoms with E-state index in [1.807, 2.05) is 0 Å². The van der Waals surface area contributed by atoms with Crippen molar-refractivity contribution in [3.8, 4) is 5.75 Å². The van der Waals surface area contributed by atoms with E-state index in [9.17, 15) is 13.2 Å². The fourth-order valence-corrected chi connectivity index (χ4v) is 2.43. The lowest BCUT2D eigenvalue weighted by Crippen LogP contribution is -2.37. The predicted molar refractivity (Wildman–Crippen MR) is 70.9 cm³/mol. The highest BCUT2D eigenvalue weighted by molar-refractivity contribution is 7.90. The Hall–Kier alpha value is -1.31. The molecule has 0 aliphatic rings. The van der Waals surface area contributed by atoms with Crippen molar-refractivity contribution in [2.45, 2.75) is 18.7 Å². The van der Waals surface area contributed by atoms with Crippen molar-refractivity contribution in [3.05, 3.63) is 28.8 Å². The standard InChI is InChI=1S/C11H14ClNO5S/c1-7(11(14)15)19(16,17)13-6-8-9(12)4-3-5-10(8)18-2/h3-5,7,13H,6H2,1-2H3,(H,14,15). The van der Waals surface area contributed by atoms with Gasteiger partial charge in [0.15, 0.2) is 5.25 Å². The summed E-state index contributed by atoms with van der Waals surface area (Å²) in [6, 6.07) is 4.89. The van der Waals surface area contributed by atoms with Gasteiger partial charge in [-0.2, -0.15) is 0 Å². The second-order valence-corrected chi connectivity index (χ2v) is 6.26. The van der Waals surface area contributed by atoms with Crippen LogP contribution in [-0.2, 0) is 21.4 Å². The summed E-state index contributed by atoms with van der Waals surface area (Å²) in [5.74, 6) is -0.989. The lowest BCUT2D eigenvalue weighted by Gasteiger charge is -2.13. The summed E-state index contributed by atoms with van der Waals surface area (Å²) in [5, 5.41) is 7.50.